The minimum Gasteiger partial charge on any atom is -0.493 e. The Balaban J connectivity index is 1.32. The van der Waals surface area contributed by atoms with Crippen molar-refractivity contribution in [3.8, 4) is 11.5 Å². The Morgan fingerprint density at radius 1 is 0.882 bits per heavy atom. The Kier molecular flexibility index (Phi) is 13.4. The van der Waals surface area contributed by atoms with Gasteiger partial charge in [0.05, 0.1) is 50.6 Å². The Labute approximate surface area is 294 Å². The molecule has 268 valence electrons. The standard InChI is InChI=1S/C35H37N5O10S/c1-4-49-35(44)25-10-12-26(13-11-25)38-34(43)33(42)36-21-27-14-15-28(50-27)22-37-39-32(41)23-40(19-18-24-8-6-5-7-9-24)51(45,46)29-16-17-30(47-2)31(20-29)48-3/h5-17,20,22H,4,18-19,21,23H2,1-3H3,(H,36,42)(H,38,43)(H,39,41)/b37-22-. The number of hydrogen-bond acceptors (Lipinski definition) is 11. The molecule has 3 N–H and O–H groups in total. The summed E-state index contributed by atoms with van der Waals surface area (Å²) in [4.78, 5) is 49.2. The Bertz CT molecular complexity index is 1960. The first-order valence-corrected chi connectivity index (χ1v) is 17.0. The maximum atomic E-state index is 13.7. The molecule has 0 aliphatic rings. The predicted molar refractivity (Wildman–Crippen MR) is 186 cm³/mol. The van der Waals surface area contributed by atoms with E-state index in [0.29, 0.717) is 23.4 Å². The third-order valence-electron chi connectivity index (χ3n) is 7.15. The molecule has 4 rings (SSSR count). The van der Waals surface area contributed by atoms with Crippen molar-refractivity contribution in [2.24, 2.45) is 5.10 Å². The van der Waals surface area contributed by atoms with Gasteiger partial charge in [0, 0.05) is 18.3 Å². The van der Waals surface area contributed by atoms with Crippen molar-refractivity contribution in [1.82, 2.24) is 15.0 Å². The molecule has 0 atom stereocenters. The van der Waals surface area contributed by atoms with Crippen LogP contribution in [0.3, 0.4) is 0 Å². The number of nitrogens with zero attached hydrogens (tertiary/aromatic N) is 2. The molecule has 0 spiro atoms. The molecular weight excluding hydrogens is 682 g/mol. The van der Waals surface area contributed by atoms with Crippen molar-refractivity contribution in [3.63, 3.8) is 0 Å². The van der Waals surface area contributed by atoms with Gasteiger partial charge in [-0.05, 0) is 67.4 Å². The third kappa shape index (κ3) is 10.7. The number of hydrogen-bond donors (Lipinski definition) is 3. The van der Waals surface area contributed by atoms with E-state index in [2.05, 4.69) is 21.2 Å². The summed E-state index contributed by atoms with van der Waals surface area (Å²) in [7, 11) is -1.33. The number of benzene rings is 3. The number of sulfonamides is 1. The van der Waals surface area contributed by atoms with Crippen molar-refractivity contribution in [2.45, 2.75) is 24.8 Å². The van der Waals surface area contributed by atoms with Crippen LogP contribution in [0, 0.1) is 0 Å². The molecular formula is C35H37N5O10S. The van der Waals surface area contributed by atoms with Gasteiger partial charge >= 0.3 is 17.8 Å². The van der Waals surface area contributed by atoms with Gasteiger partial charge in [0.1, 0.15) is 11.5 Å². The summed E-state index contributed by atoms with van der Waals surface area (Å²) < 4.78 is 49.4. The molecule has 0 radical (unpaired) electrons. The van der Waals surface area contributed by atoms with Crippen LogP contribution in [0.2, 0.25) is 0 Å². The Morgan fingerprint density at radius 2 is 1.61 bits per heavy atom. The first kappa shape index (κ1) is 37.8. The van der Waals surface area contributed by atoms with Gasteiger partial charge in [-0.1, -0.05) is 30.3 Å². The lowest BCUT2D eigenvalue weighted by Crippen LogP contribution is -2.40. The van der Waals surface area contributed by atoms with Crippen molar-refractivity contribution < 1.29 is 46.2 Å². The number of rotatable bonds is 16. The molecule has 0 unspecified atom stereocenters. The van der Waals surface area contributed by atoms with Crippen LogP contribution in [0.5, 0.6) is 11.5 Å². The molecule has 1 heterocycles. The Morgan fingerprint density at radius 3 is 2.29 bits per heavy atom. The molecule has 0 saturated heterocycles. The molecule has 51 heavy (non-hydrogen) atoms. The van der Waals surface area contributed by atoms with Gasteiger partial charge in [-0.2, -0.15) is 9.41 Å². The summed E-state index contributed by atoms with van der Waals surface area (Å²) in [6.45, 7) is 1.26. The smallest absolute Gasteiger partial charge is 0.338 e. The van der Waals surface area contributed by atoms with Crippen LogP contribution in [0.4, 0.5) is 5.69 Å². The minimum atomic E-state index is -4.16. The number of methoxy groups -OCH3 is 2. The highest BCUT2D eigenvalue weighted by molar-refractivity contribution is 7.89. The molecule has 1 aromatic heterocycles. The number of nitrogens with one attached hydrogen (secondary N) is 3. The Hall–Kier alpha value is -6.00. The van der Waals surface area contributed by atoms with Crippen molar-refractivity contribution >= 4 is 45.6 Å². The van der Waals surface area contributed by atoms with E-state index in [-0.39, 0.29) is 41.9 Å². The van der Waals surface area contributed by atoms with Crippen molar-refractivity contribution in [1.29, 1.82) is 0 Å². The van der Waals surface area contributed by atoms with E-state index < -0.39 is 40.3 Å². The van der Waals surface area contributed by atoms with Gasteiger partial charge < -0.3 is 29.3 Å². The van der Waals surface area contributed by atoms with Crippen LogP contribution in [0.15, 0.2) is 99.3 Å². The average Bonchev–Trinajstić information content (AvgIpc) is 3.60. The second-order valence-electron chi connectivity index (χ2n) is 10.6. The van der Waals surface area contributed by atoms with E-state index in [4.69, 9.17) is 18.6 Å². The first-order chi connectivity index (χ1) is 24.5. The van der Waals surface area contributed by atoms with Crippen LogP contribution in [-0.4, -0.2) is 76.5 Å². The van der Waals surface area contributed by atoms with Crippen LogP contribution in [0.1, 0.15) is 34.4 Å². The third-order valence-corrected chi connectivity index (χ3v) is 8.99. The van der Waals surface area contributed by atoms with Crippen LogP contribution >= 0.6 is 0 Å². The maximum Gasteiger partial charge on any atom is 0.338 e. The van der Waals surface area contributed by atoms with E-state index in [1.807, 2.05) is 30.3 Å². The number of furan rings is 1. The van der Waals surface area contributed by atoms with Gasteiger partial charge in [-0.3, -0.25) is 14.4 Å². The maximum absolute atomic E-state index is 13.7. The molecule has 0 saturated carbocycles. The van der Waals surface area contributed by atoms with Crippen LogP contribution in [-0.2, 0) is 42.1 Å². The lowest BCUT2D eigenvalue weighted by Gasteiger charge is -2.22. The van der Waals surface area contributed by atoms with Gasteiger partial charge in [-0.25, -0.2) is 18.6 Å². The summed E-state index contributed by atoms with van der Waals surface area (Å²) >= 11 is 0. The molecule has 3 aromatic carbocycles. The van der Waals surface area contributed by atoms with E-state index in [0.717, 1.165) is 9.87 Å². The fourth-order valence-electron chi connectivity index (χ4n) is 4.57. The fourth-order valence-corrected chi connectivity index (χ4v) is 5.98. The molecule has 3 amide bonds. The van der Waals surface area contributed by atoms with Crippen LogP contribution in [0.25, 0.3) is 0 Å². The highest BCUT2D eigenvalue weighted by Gasteiger charge is 2.28. The van der Waals surface area contributed by atoms with Gasteiger partial charge in [-0.15, -0.1) is 0 Å². The fraction of sp³-hybridized carbons (Fsp3) is 0.229. The van der Waals surface area contributed by atoms with Gasteiger partial charge in [0.15, 0.2) is 11.5 Å². The van der Waals surface area contributed by atoms with Gasteiger partial charge in [0.2, 0.25) is 10.0 Å². The molecule has 15 nitrogen and oxygen atoms in total. The summed E-state index contributed by atoms with van der Waals surface area (Å²) in [6.07, 6.45) is 1.55. The number of hydrazone groups is 1. The first-order valence-electron chi connectivity index (χ1n) is 15.6. The highest BCUT2D eigenvalue weighted by atomic mass is 32.2. The van der Waals surface area contributed by atoms with E-state index in [9.17, 15) is 27.6 Å². The van der Waals surface area contributed by atoms with E-state index in [1.165, 1.54) is 75.0 Å². The SMILES string of the molecule is CCOC(=O)c1ccc(NC(=O)C(=O)NCc2ccc(/C=N\NC(=O)CN(CCc3ccccc3)S(=O)(=O)c3ccc(OC)c(OC)c3)o2)cc1. The van der Waals surface area contributed by atoms with Crippen molar-refractivity contribution in [2.75, 3.05) is 39.2 Å². The van der Waals surface area contributed by atoms with E-state index in [1.54, 1.807) is 6.92 Å². The second kappa shape index (κ2) is 18.1. The zero-order valence-electron chi connectivity index (χ0n) is 28.1. The molecule has 16 heteroatoms. The summed E-state index contributed by atoms with van der Waals surface area (Å²) in [6, 6.07) is 22.3. The summed E-state index contributed by atoms with van der Waals surface area (Å²) in [5, 5.41) is 8.73. The molecule has 0 bridgehead atoms. The summed E-state index contributed by atoms with van der Waals surface area (Å²) in [5.41, 5.74) is 3.80. The number of esters is 1. The number of ether oxygens (including phenoxy) is 3. The zero-order chi connectivity index (χ0) is 36.8. The minimum absolute atomic E-state index is 0.00484. The summed E-state index contributed by atoms with van der Waals surface area (Å²) in [5.74, 6) is -1.99. The number of amides is 3. The number of carbonyl (C=O) groups is 4. The lowest BCUT2D eigenvalue weighted by atomic mass is 10.1. The molecule has 4 aromatic rings. The average molecular weight is 720 g/mol. The normalized spacial score (nSPS) is 11.2. The molecule has 0 aliphatic heterocycles. The molecule has 0 aliphatic carbocycles. The quantitative estimate of drug-likeness (QED) is 0.0670. The lowest BCUT2D eigenvalue weighted by molar-refractivity contribution is -0.136. The topological polar surface area (TPSA) is 195 Å². The zero-order valence-corrected chi connectivity index (χ0v) is 28.9. The predicted octanol–water partition coefficient (Wildman–Crippen LogP) is 3.11. The number of anilines is 1. The highest BCUT2D eigenvalue weighted by Crippen LogP contribution is 2.30. The van der Waals surface area contributed by atoms with Crippen LogP contribution < -0.4 is 25.5 Å². The van der Waals surface area contributed by atoms with E-state index >= 15 is 0 Å². The monoisotopic (exact) mass is 719 g/mol. The molecule has 0 fully saturated rings. The second-order valence-corrected chi connectivity index (χ2v) is 12.6. The largest absolute Gasteiger partial charge is 0.493 e. The number of carbonyl (C=O) groups excluding carboxylic acids is 4. The van der Waals surface area contributed by atoms with Crippen molar-refractivity contribution in [3.05, 3.63) is 108 Å². The van der Waals surface area contributed by atoms with Gasteiger partial charge in [0.25, 0.3) is 5.91 Å².